The van der Waals surface area contributed by atoms with E-state index in [4.69, 9.17) is 23.2 Å². The predicted molar refractivity (Wildman–Crippen MR) is 178 cm³/mol. The molecule has 5 rings (SSSR count). The highest BCUT2D eigenvalue weighted by molar-refractivity contribution is 6.36. The van der Waals surface area contributed by atoms with Gasteiger partial charge >= 0.3 is 5.97 Å². The van der Waals surface area contributed by atoms with Gasteiger partial charge < -0.3 is 15.1 Å². The van der Waals surface area contributed by atoms with E-state index in [0.717, 1.165) is 77.6 Å². The zero-order chi connectivity index (χ0) is 31.2. The molecule has 3 aliphatic rings. The Bertz CT molecular complexity index is 1340. The van der Waals surface area contributed by atoms with Crippen LogP contribution in [0.5, 0.6) is 5.75 Å². The van der Waals surface area contributed by atoms with E-state index in [1.165, 1.54) is 25.9 Å². The van der Waals surface area contributed by atoms with Gasteiger partial charge in [0.05, 0.1) is 13.1 Å². The average Bonchev–Trinajstić information content (AvgIpc) is 3.37. The van der Waals surface area contributed by atoms with Gasteiger partial charge in [0, 0.05) is 10.1 Å². The Morgan fingerprint density at radius 1 is 0.953 bits per heavy atom. The largest absolute Gasteiger partial charge is 0.508 e. The van der Waals surface area contributed by atoms with Crippen molar-refractivity contribution in [3.8, 4) is 5.75 Å². The van der Waals surface area contributed by atoms with Gasteiger partial charge in [0.15, 0.2) is 0 Å². The number of fused-ring (bicyclic) bond motifs is 1. The number of hydrogen-bond acceptors (Lipinski definition) is 3. The third kappa shape index (κ3) is 10.4. The number of aromatic hydroxyl groups is 1. The number of allylic oxidation sites excluding steroid dienone is 7. The maximum Gasteiger partial charge on any atom is 0.307 e. The summed E-state index contributed by atoms with van der Waals surface area (Å²) in [6.45, 7) is 7.45. The first-order valence-corrected chi connectivity index (χ1v) is 16.2. The first kappa shape index (κ1) is 34.6. The number of likely N-dealkylation sites (tertiary alicyclic amines) is 1. The number of nitrogens with zero attached hydrogens (tertiary/aromatic N) is 1. The van der Waals surface area contributed by atoms with Crippen LogP contribution in [-0.4, -0.2) is 47.4 Å². The molecule has 0 spiro atoms. The highest BCUT2D eigenvalue weighted by Crippen LogP contribution is 2.42. The van der Waals surface area contributed by atoms with Crippen LogP contribution in [0.15, 0.2) is 81.9 Å². The van der Waals surface area contributed by atoms with Crippen LogP contribution < -0.4 is 0 Å². The fraction of sp³-hybridized carbons (Fsp3) is 0.417. The highest BCUT2D eigenvalue weighted by atomic mass is 35.5. The first-order valence-electron chi connectivity index (χ1n) is 15.4. The van der Waals surface area contributed by atoms with E-state index in [2.05, 4.69) is 11.0 Å². The molecule has 0 bridgehead atoms. The zero-order valence-electron chi connectivity index (χ0n) is 25.3. The molecule has 2 N–H and O–H groups in total. The van der Waals surface area contributed by atoms with Gasteiger partial charge in [-0.05, 0) is 128 Å². The summed E-state index contributed by atoms with van der Waals surface area (Å²) in [4.78, 5) is 13.6. The fourth-order valence-corrected chi connectivity index (χ4v) is 6.26. The molecule has 1 fully saturated rings. The number of benzene rings is 2. The van der Waals surface area contributed by atoms with Crippen LogP contribution in [0.3, 0.4) is 0 Å². The molecule has 2 aromatic rings. The molecule has 0 amide bonds. The van der Waals surface area contributed by atoms with Gasteiger partial charge in [-0.25, -0.2) is 0 Å². The van der Waals surface area contributed by atoms with Crippen molar-refractivity contribution in [2.75, 3.05) is 26.3 Å². The van der Waals surface area contributed by atoms with Crippen LogP contribution in [-0.2, 0) is 17.6 Å². The predicted octanol–water partition coefficient (Wildman–Crippen LogP) is 9.59. The Balaban J connectivity index is 0.000000356. The van der Waals surface area contributed by atoms with Gasteiger partial charge in [-0.1, -0.05) is 79.5 Å². The van der Waals surface area contributed by atoms with Gasteiger partial charge in [-0.15, -0.1) is 0 Å². The van der Waals surface area contributed by atoms with E-state index in [9.17, 15) is 19.4 Å². The molecular formula is C36H44Cl2FNO3. The minimum Gasteiger partial charge on any atom is -0.508 e. The van der Waals surface area contributed by atoms with Crippen LogP contribution >= 0.6 is 23.2 Å². The van der Waals surface area contributed by atoms with Crippen molar-refractivity contribution in [3.05, 3.63) is 104 Å². The SMILES string of the molecule is CC.FCCCCN1CCCC1.O=C(O)Cc1ccc2c(c1)CCCC(C1=CCC=C(Cl)C=C1Cl)=C2c1ccc(O)cc1. The standard InChI is InChI=1S/C26H22Cl2O3.C8H16FN.C2H6/c27-19-4-2-5-22(24(28)15-19)23-6-1-3-18-13-16(14-25(30)31)7-12-21(18)26(23)17-8-10-20(29)11-9-17;9-5-1-2-6-10-7-3-4-8-10;1-2/h4-5,7-13,15,29H,1-3,6,14H2,(H,30,31);1-8H2;1-2H3. The molecule has 1 saturated heterocycles. The molecule has 0 unspecified atom stereocenters. The summed E-state index contributed by atoms with van der Waals surface area (Å²) in [7, 11) is 0. The maximum atomic E-state index is 11.6. The number of carboxylic acids is 1. The monoisotopic (exact) mass is 627 g/mol. The number of aliphatic carboxylic acids is 1. The Kier molecular flexibility index (Phi) is 14.5. The summed E-state index contributed by atoms with van der Waals surface area (Å²) < 4.78 is 11.6. The van der Waals surface area contributed by atoms with E-state index in [0.29, 0.717) is 16.5 Å². The lowest BCUT2D eigenvalue weighted by atomic mass is 9.86. The second-order valence-corrected chi connectivity index (χ2v) is 11.5. The van der Waals surface area contributed by atoms with Crippen molar-refractivity contribution in [1.29, 1.82) is 0 Å². The number of phenolic OH excluding ortho intramolecular Hbond substituents is 1. The molecule has 0 aromatic heterocycles. The highest BCUT2D eigenvalue weighted by Gasteiger charge is 2.23. The third-order valence-corrected chi connectivity index (χ3v) is 8.24. The Morgan fingerprint density at radius 3 is 2.35 bits per heavy atom. The molecular weight excluding hydrogens is 584 g/mol. The molecule has 7 heteroatoms. The number of rotatable bonds is 8. The van der Waals surface area contributed by atoms with Crippen molar-refractivity contribution in [2.45, 2.75) is 71.6 Å². The number of unbranched alkanes of at least 4 members (excludes halogenated alkanes) is 1. The van der Waals surface area contributed by atoms with E-state index in [1.807, 2.05) is 50.3 Å². The minimum absolute atomic E-state index is 0.00226. The molecule has 2 aliphatic carbocycles. The topological polar surface area (TPSA) is 60.8 Å². The van der Waals surface area contributed by atoms with Crippen LogP contribution in [0.25, 0.3) is 5.57 Å². The maximum absolute atomic E-state index is 11.6. The molecule has 4 nitrogen and oxygen atoms in total. The van der Waals surface area contributed by atoms with Crippen molar-refractivity contribution in [3.63, 3.8) is 0 Å². The number of carbonyl (C=O) groups is 1. The lowest BCUT2D eigenvalue weighted by molar-refractivity contribution is -0.136. The second kappa shape index (κ2) is 18.1. The number of phenols is 1. The van der Waals surface area contributed by atoms with Crippen molar-refractivity contribution >= 4 is 34.7 Å². The van der Waals surface area contributed by atoms with Gasteiger partial charge in [-0.3, -0.25) is 9.18 Å². The van der Waals surface area contributed by atoms with Gasteiger partial charge in [0.2, 0.25) is 0 Å². The smallest absolute Gasteiger partial charge is 0.307 e. The minimum atomic E-state index is -0.839. The van der Waals surface area contributed by atoms with Gasteiger partial charge in [-0.2, -0.15) is 0 Å². The van der Waals surface area contributed by atoms with Crippen LogP contribution in [0.1, 0.15) is 81.0 Å². The van der Waals surface area contributed by atoms with Crippen LogP contribution in [0.4, 0.5) is 4.39 Å². The molecule has 1 heterocycles. The third-order valence-electron chi connectivity index (χ3n) is 7.66. The Hall–Kier alpha value is -2.86. The number of carboxylic acid groups (broad SMARTS) is 1. The quantitative estimate of drug-likeness (QED) is 0.286. The van der Waals surface area contributed by atoms with Gasteiger partial charge in [0.1, 0.15) is 5.75 Å². The zero-order valence-corrected chi connectivity index (χ0v) is 26.9. The summed E-state index contributed by atoms with van der Waals surface area (Å²) in [5, 5.41) is 20.2. The summed E-state index contributed by atoms with van der Waals surface area (Å²) in [6, 6.07) is 13.1. The number of halogens is 3. The number of aryl methyl sites for hydroxylation is 1. The van der Waals surface area contributed by atoms with Crippen LogP contribution in [0.2, 0.25) is 0 Å². The fourth-order valence-electron chi connectivity index (χ4n) is 5.70. The molecule has 2 aromatic carbocycles. The van der Waals surface area contributed by atoms with E-state index >= 15 is 0 Å². The van der Waals surface area contributed by atoms with Crippen molar-refractivity contribution in [1.82, 2.24) is 4.90 Å². The second-order valence-electron chi connectivity index (χ2n) is 10.7. The lowest BCUT2D eigenvalue weighted by Gasteiger charge is -2.19. The van der Waals surface area contributed by atoms with Crippen LogP contribution in [0, 0.1) is 0 Å². The van der Waals surface area contributed by atoms with E-state index in [-0.39, 0.29) is 18.8 Å². The lowest BCUT2D eigenvalue weighted by Crippen LogP contribution is -2.20. The molecule has 232 valence electrons. The van der Waals surface area contributed by atoms with Crippen molar-refractivity contribution in [2.24, 2.45) is 0 Å². The number of hydrogen-bond donors (Lipinski definition) is 2. The van der Waals surface area contributed by atoms with E-state index in [1.54, 1.807) is 18.2 Å². The summed E-state index contributed by atoms with van der Waals surface area (Å²) in [5.41, 5.74) is 7.14. The van der Waals surface area contributed by atoms with E-state index < -0.39 is 5.97 Å². The normalized spacial score (nSPS) is 16.7. The molecule has 0 atom stereocenters. The molecule has 43 heavy (non-hydrogen) atoms. The summed E-state index contributed by atoms with van der Waals surface area (Å²) >= 11 is 12.9. The number of alkyl halides is 1. The molecule has 0 saturated carbocycles. The first-order chi connectivity index (χ1) is 20.9. The van der Waals surface area contributed by atoms with Gasteiger partial charge in [0.25, 0.3) is 0 Å². The molecule has 0 radical (unpaired) electrons. The summed E-state index contributed by atoms with van der Waals surface area (Å²) in [6.07, 6.45) is 13.6. The molecule has 1 aliphatic heterocycles. The Labute approximate surface area is 266 Å². The average molecular weight is 629 g/mol. The Morgan fingerprint density at radius 2 is 1.67 bits per heavy atom. The summed E-state index contributed by atoms with van der Waals surface area (Å²) in [5.74, 6) is -0.632. The van der Waals surface area contributed by atoms with Crippen molar-refractivity contribution < 1.29 is 19.4 Å².